The van der Waals surface area contributed by atoms with Gasteiger partial charge in [0.05, 0.1) is 17.2 Å². The van der Waals surface area contributed by atoms with E-state index in [1.807, 2.05) is 6.92 Å². The van der Waals surface area contributed by atoms with E-state index in [2.05, 4.69) is 10.8 Å². The van der Waals surface area contributed by atoms with E-state index < -0.39 is 28.7 Å². The Morgan fingerprint density at radius 2 is 1.91 bits per heavy atom. The first-order chi connectivity index (χ1) is 14.8. The Labute approximate surface area is 190 Å². The third kappa shape index (κ3) is 6.58. The quantitative estimate of drug-likeness (QED) is 0.382. The second-order valence-corrected chi connectivity index (χ2v) is 9.56. The Morgan fingerprint density at radius 1 is 1.28 bits per heavy atom. The molecule has 2 aliphatic rings. The monoisotopic (exact) mass is 441 g/mol. The van der Waals surface area contributed by atoms with Gasteiger partial charge in [-0.3, -0.25) is 0 Å². The number of carbonyl (C=O) groups is 1. The largest absolute Gasteiger partial charge is 0.457 e. The van der Waals surface area contributed by atoms with Gasteiger partial charge in [-0.25, -0.2) is 15.8 Å². The van der Waals surface area contributed by atoms with Crippen LogP contribution in [0.4, 0.5) is 4.39 Å². The minimum absolute atomic E-state index is 0.294. The number of ether oxygens (including phenoxy) is 2. The number of esters is 1. The summed E-state index contributed by atoms with van der Waals surface area (Å²) >= 11 is 0. The number of aliphatic hydroxyl groups is 1. The summed E-state index contributed by atoms with van der Waals surface area (Å²) in [4.78, 5) is 14.8. The molecule has 32 heavy (non-hydrogen) atoms. The summed E-state index contributed by atoms with van der Waals surface area (Å²) < 4.78 is 24.1. The van der Waals surface area contributed by atoms with Crippen molar-refractivity contribution in [3.63, 3.8) is 0 Å². The molecule has 1 aliphatic carbocycles. The van der Waals surface area contributed by atoms with Crippen LogP contribution in [0.25, 0.3) is 4.85 Å². The first-order valence-electron chi connectivity index (χ1n) is 10.8. The van der Waals surface area contributed by atoms with Crippen molar-refractivity contribution in [3.8, 4) is 12.3 Å². The van der Waals surface area contributed by atoms with Crippen molar-refractivity contribution in [2.75, 3.05) is 0 Å². The molecule has 0 spiro atoms. The Morgan fingerprint density at radius 3 is 2.41 bits per heavy atom. The number of cyclic esters (lactones) is 1. The van der Waals surface area contributed by atoms with E-state index in [4.69, 9.17) is 22.5 Å². The van der Waals surface area contributed by atoms with Crippen molar-refractivity contribution in [1.29, 1.82) is 0 Å². The molecular weight excluding hydrogens is 409 g/mol. The van der Waals surface area contributed by atoms with Gasteiger partial charge in [0.15, 0.2) is 0 Å². The van der Waals surface area contributed by atoms with Crippen LogP contribution >= 0.6 is 0 Å². The second kappa shape index (κ2) is 9.76. The number of hydrogen-bond acceptors (Lipinski definition) is 4. The van der Waals surface area contributed by atoms with Gasteiger partial charge >= 0.3 is 5.97 Å². The molecule has 0 aromatic heterocycles. The van der Waals surface area contributed by atoms with Gasteiger partial charge in [-0.1, -0.05) is 18.8 Å². The lowest BCUT2D eigenvalue weighted by atomic mass is 9.84. The van der Waals surface area contributed by atoms with Crippen molar-refractivity contribution >= 4 is 5.97 Å². The summed E-state index contributed by atoms with van der Waals surface area (Å²) in [7, 11) is 0. The van der Waals surface area contributed by atoms with Crippen molar-refractivity contribution < 1.29 is 23.8 Å². The molecule has 1 N–H and O–H groups in total. The third-order valence-electron chi connectivity index (χ3n) is 5.84. The molecule has 1 saturated carbocycles. The van der Waals surface area contributed by atoms with Gasteiger partial charge in [-0.05, 0) is 43.9 Å². The molecule has 3 rings (SSSR count). The number of hydrogen-bond donors (Lipinski definition) is 1. The molecule has 1 aliphatic heterocycles. The standard InChI is InChI=1S/C14H22O4.C12H10FN/c1-13(2)17-11(8-12(15)18-13)9-14(3,16)10-6-4-5-7-10;1-5-9-6-7-10(11(13)8-9)12(2,3)14-4/h8,10,16H,4-7,9H2,1-3H3;1,6-8H,2-3H3. The Balaban J connectivity index is 0.000000235. The number of halogens is 1. The van der Waals surface area contributed by atoms with Crippen LogP contribution in [-0.4, -0.2) is 22.5 Å². The zero-order valence-corrected chi connectivity index (χ0v) is 19.5. The molecule has 1 unspecified atom stereocenters. The molecule has 1 aromatic rings. The summed E-state index contributed by atoms with van der Waals surface area (Å²) in [5.74, 6) is 1.41. The van der Waals surface area contributed by atoms with E-state index in [1.54, 1.807) is 39.8 Å². The fourth-order valence-corrected chi connectivity index (χ4v) is 4.06. The van der Waals surface area contributed by atoms with E-state index in [9.17, 15) is 14.3 Å². The van der Waals surface area contributed by atoms with Gasteiger partial charge in [0, 0.05) is 39.7 Å². The number of benzene rings is 1. The van der Waals surface area contributed by atoms with Crippen LogP contribution in [0.1, 0.15) is 77.8 Å². The number of terminal acetylenes is 1. The zero-order chi connectivity index (χ0) is 24.2. The Hall–Kier alpha value is -2.83. The molecule has 5 nitrogen and oxygen atoms in total. The van der Waals surface area contributed by atoms with Crippen LogP contribution in [-0.2, 0) is 19.8 Å². The summed E-state index contributed by atoms with van der Waals surface area (Å²) in [5, 5.41) is 10.5. The van der Waals surface area contributed by atoms with E-state index >= 15 is 0 Å². The maximum atomic E-state index is 13.5. The first-order valence-corrected chi connectivity index (χ1v) is 10.8. The minimum Gasteiger partial charge on any atom is -0.457 e. The van der Waals surface area contributed by atoms with E-state index in [1.165, 1.54) is 25.0 Å². The van der Waals surface area contributed by atoms with E-state index in [0.717, 1.165) is 12.8 Å². The fourth-order valence-electron chi connectivity index (χ4n) is 4.06. The normalized spacial score (nSPS) is 19.8. The predicted octanol–water partition coefficient (Wildman–Crippen LogP) is 5.47. The molecule has 0 amide bonds. The smallest absolute Gasteiger partial charge is 0.337 e. The molecule has 0 bridgehead atoms. The summed E-state index contributed by atoms with van der Waals surface area (Å²) in [5.41, 5.74) is -0.772. The highest BCUT2D eigenvalue weighted by atomic mass is 19.1. The third-order valence-corrected chi connectivity index (χ3v) is 5.84. The van der Waals surface area contributed by atoms with Crippen LogP contribution in [0.15, 0.2) is 30.0 Å². The second-order valence-electron chi connectivity index (χ2n) is 9.56. The molecule has 1 heterocycles. The molecule has 1 atom stereocenters. The van der Waals surface area contributed by atoms with Crippen LogP contribution in [0.2, 0.25) is 0 Å². The Kier molecular flexibility index (Phi) is 7.75. The molecule has 0 saturated heterocycles. The number of carbonyl (C=O) groups excluding carboxylic acids is 1. The van der Waals surface area contributed by atoms with Gasteiger partial charge in [-0.15, -0.1) is 6.42 Å². The molecule has 6 heteroatoms. The van der Waals surface area contributed by atoms with Gasteiger partial charge in [0.25, 0.3) is 5.54 Å². The fraction of sp³-hybridized carbons (Fsp3) is 0.538. The van der Waals surface area contributed by atoms with Crippen molar-refractivity contribution in [1.82, 2.24) is 0 Å². The molecule has 0 radical (unpaired) electrons. The van der Waals surface area contributed by atoms with Crippen LogP contribution in [0, 0.1) is 30.7 Å². The van der Waals surface area contributed by atoms with Crippen molar-refractivity contribution in [2.24, 2.45) is 5.92 Å². The highest BCUT2D eigenvalue weighted by Crippen LogP contribution is 2.39. The van der Waals surface area contributed by atoms with Crippen LogP contribution in [0.5, 0.6) is 0 Å². The van der Waals surface area contributed by atoms with Crippen molar-refractivity contribution in [3.05, 3.63) is 58.4 Å². The van der Waals surface area contributed by atoms with E-state index in [0.29, 0.717) is 29.2 Å². The average Bonchev–Trinajstić information content (AvgIpc) is 3.22. The lowest BCUT2D eigenvalue weighted by Crippen LogP contribution is -2.39. The maximum absolute atomic E-state index is 13.5. The lowest BCUT2D eigenvalue weighted by Gasteiger charge is -2.35. The molecule has 1 aromatic carbocycles. The SMILES string of the molecule is CC1(C)OC(=O)C=C(CC(C)(O)C2CCCC2)O1.[C-]#[N+]C(C)(C)c1ccc(C#C)cc1F. The van der Waals surface area contributed by atoms with Crippen LogP contribution < -0.4 is 0 Å². The van der Waals surface area contributed by atoms with E-state index in [-0.39, 0.29) is 0 Å². The predicted molar refractivity (Wildman–Crippen MR) is 121 cm³/mol. The number of nitrogens with zero attached hydrogens (tertiary/aromatic N) is 1. The van der Waals surface area contributed by atoms with Gasteiger partial charge in [0.2, 0.25) is 5.79 Å². The summed E-state index contributed by atoms with van der Waals surface area (Å²) in [6.45, 7) is 15.5. The average molecular weight is 442 g/mol. The molecule has 1 fully saturated rings. The maximum Gasteiger partial charge on any atom is 0.337 e. The van der Waals surface area contributed by atoms with Gasteiger partial charge < -0.3 is 19.4 Å². The summed E-state index contributed by atoms with van der Waals surface area (Å²) in [6, 6.07) is 4.50. The highest BCUT2D eigenvalue weighted by Gasteiger charge is 2.38. The summed E-state index contributed by atoms with van der Waals surface area (Å²) in [6.07, 6.45) is 11.3. The highest BCUT2D eigenvalue weighted by molar-refractivity contribution is 5.83. The Bertz CT molecular complexity index is 957. The topological polar surface area (TPSA) is 60.1 Å². The van der Waals surface area contributed by atoms with Gasteiger partial charge in [-0.2, -0.15) is 0 Å². The molecule has 172 valence electrons. The van der Waals surface area contributed by atoms with Crippen LogP contribution in [0.3, 0.4) is 0 Å². The first kappa shape index (κ1) is 25.4. The van der Waals surface area contributed by atoms with Crippen molar-refractivity contribution in [2.45, 2.75) is 83.6 Å². The minimum atomic E-state index is -0.938. The zero-order valence-electron chi connectivity index (χ0n) is 19.5. The molecular formula is C26H32FNO4. The van der Waals surface area contributed by atoms with Gasteiger partial charge in [0.1, 0.15) is 11.6 Å². The lowest BCUT2D eigenvalue weighted by molar-refractivity contribution is -0.208. The number of rotatable bonds is 4.